The van der Waals surface area contributed by atoms with Gasteiger partial charge in [0, 0.05) is 5.02 Å². The van der Waals surface area contributed by atoms with Gasteiger partial charge in [-0.3, -0.25) is 0 Å². The summed E-state index contributed by atoms with van der Waals surface area (Å²) in [5.41, 5.74) is 0.341. The molecule has 1 N–H and O–H groups in total. The molecule has 21 heavy (non-hydrogen) atoms. The number of aliphatic hydroxyl groups excluding tert-OH is 1. The average Bonchev–Trinajstić information content (AvgIpc) is 2.45. The molecule has 3 heteroatoms. The minimum Gasteiger partial charge on any atom is -0.387 e. The molecule has 0 radical (unpaired) electrons. The topological polar surface area (TPSA) is 44.0 Å². The first kappa shape index (κ1) is 16.3. The van der Waals surface area contributed by atoms with E-state index in [0.29, 0.717) is 10.9 Å². The van der Waals surface area contributed by atoms with Gasteiger partial charge in [0.05, 0.1) is 17.6 Å². The van der Waals surface area contributed by atoms with Crippen LogP contribution in [0.1, 0.15) is 58.1 Å². The van der Waals surface area contributed by atoms with E-state index in [0.717, 1.165) is 31.2 Å². The first-order valence-electron chi connectivity index (χ1n) is 7.63. The highest BCUT2D eigenvalue weighted by atomic mass is 35.5. The van der Waals surface area contributed by atoms with Gasteiger partial charge in [-0.25, -0.2) is 0 Å². The number of rotatable bonds is 2. The molecule has 2 rings (SSSR count). The van der Waals surface area contributed by atoms with Gasteiger partial charge in [0.25, 0.3) is 0 Å². The Hall–Kier alpha value is -1.04. The molecule has 0 bridgehead atoms. The molecule has 0 amide bonds. The van der Waals surface area contributed by atoms with Gasteiger partial charge in [-0.05, 0) is 54.7 Å². The number of aliphatic hydroxyl groups is 1. The second kappa shape index (κ2) is 5.99. The van der Waals surface area contributed by atoms with Crippen LogP contribution in [-0.2, 0) is 0 Å². The van der Waals surface area contributed by atoms with Gasteiger partial charge in [-0.1, -0.05) is 44.5 Å². The lowest BCUT2D eigenvalue weighted by Gasteiger charge is -2.42. The van der Waals surface area contributed by atoms with Crippen LogP contribution in [0.15, 0.2) is 24.3 Å². The van der Waals surface area contributed by atoms with Crippen LogP contribution in [-0.4, -0.2) is 5.11 Å². The molecule has 0 aliphatic heterocycles. The molecule has 2 nitrogen and oxygen atoms in total. The fourth-order valence-electron chi connectivity index (χ4n) is 3.44. The quantitative estimate of drug-likeness (QED) is 0.824. The summed E-state index contributed by atoms with van der Waals surface area (Å²) in [7, 11) is 0. The van der Waals surface area contributed by atoms with Gasteiger partial charge >= 0.3 is 0 Å². The van der Waals surface area contributed by atoms with Crippen LogP contribution in [0.2, 0.25) is 5.02 Å². The summed E-state index contributed by atoms with van der Waals surface area (Å²) >= 11 is 6.01. The van der Waals surface area contributed by atoms with E-state index in [1.807, 2.05) is 12.1 Å². The SMILES string of the molecule is CC(C)(C)C1CCC(C#N)(C(O)c2cccc(Cl)c2)CC1. The third-order valence-corrected chi connectivity index (χ3v) is 5.25. The zero-order chi connectivity index (χ0) is 15.7. The molecule has 1 aliphatic carbocycles. The summed E-state index contributed by atoms with van der Waals surface area (Å²) in [6.07, 6.45) is 2.73. The van der Waals surface area contributed by atoms with Crippen LogP contribution >= 0.6 is 11.6 Å². The van der Waals surface area contributed by atoms with Crippen molar-refractivity contribution in [2.75, 3.05) is 0 Å². The molecule has 0 heterocycles. The predicted octanol–water partition coefficient (Wildman–Crippen LogP) is 5.12. The Balaban J connectivity index is 2.19. The molecular formula is C18H24ClNO. The van der Waals surface area contributed by atoms with Crippen LogP contribution in [0.4, 0.5) is 0 Å². The number of nitrogens with zero attached hydrogens (tertiary/aromatic N) is 1. The van der Waals surface area contributed by atoms with Crippen molar-refractivity contribution in [3.63, 3.8) is 0 Å². The maximum atomic E-state index is 10.7. The second-order valence-corrected chi connectivity index (χ2v) is 7.80. The number of nitriles is 1. The summed E-state index contributed by atoms with van der Waals surface area (Å²) in [6, 6.07) is 9.64. The molecule has 0 saturated heterocycles. The number of hydrogen-bond donors (Lipinski definition) is 1. The monoisotopic (exact) mass is 305 g/mol. The summed E-state index contributed by atoms with van der Waals surface area (Å²) in [4.78, 5) is 0. The number of benzene rings is 1. The van der Waals surface area contributed by atoms with Crippen LogP contribution in [0.5, 0.6) is 0 Å². The molecule has 1 aliphatic rings. The maximum Gasteiger partial charge on any atom is 0.0976 e. The molecule has 1 saturated carbocycles. The summed E-state index contributed by atoms with van der Waals surface area (Å²) < 4.78 is 0. The highest BCUT2D eigenvalue weighted by Gasteiger charge is 2.44. The number of hydrogen-bond acceptors (Lipinski definition) is 2. The third-order valence-electron chi connectivity index (χ3n) is 5.01. The Labute approximate surface area is 132 Å². The Kier molecular flexibility index (Phi) is 4.66. The fraction of sp³-hybridized carbons (Fsp3) is 0.611. The zero-order valence-electron chi connectivity index (χ0n) is 13.1. The van der Waals surface area contributed by atoms with Gasteiger partial charge in [-0.15, -0.1) is 0 Å². The lowest BCUT2D eigenvalue weighted by Crippen LogP contribution is -2.36. The second-order valence-electron chi connectivity index (χ2n) is 7.37. The molecular weight excluding hydrogens is 282 g/mol. The van der Waals surface area contributed by atoms with Crippen LogP contribution in [0.3, 0.4) is 0 Å². The Morgan fingerprint density at radius 3 is 2.43 bits per heavy atom. The molecule has 0 aromatic heterocycles. The largest absolute Gasteiger partial charge is 0.387 e. The van der Waals surface area contributed by atoms with E-state index in [2.05, 4.69) is 26.8 Å². The maximum absolute atomic E-state index is 10.7. The minimum atomic E-state index is -0.762. The van der Waals surface area contributed by atoms with Gasteiger partial charge < -0.3 is 5.11 Å². The first-order valence-corrected chi connectivity index (χ1v) is 8.01. The Bertz CT molecular complexity index is 533. The van der Waals surface area contributed by atoms with Crippen molar-refractivity contribution in [2.24, 2.45) is 16.7 Å². The Morgan fingerprint density at radius 2 is 1.95 bits per heavy atom. The van der Waals surface area contributed by atoms with Crippen molar-refractivity contribution in [2.45, 2.75) is 52.6 Å². The molecule has 0 spiro atoms. The van der Waals surface area contributed by atoms with E-state index in [9.17, 15) is 10.4 Å². The average molecular weight is 306 g/mol. The predicted molar refractivity (Wildman–Crippen MR) is 85.9 cm³/mol. The van der Waals surface area contributed by atoms with Crippen LogP contribution in [0.25, 0.3) is 0 Å². The minimum absolute atomic E-state index is 0.266. The summed E-state index contributed by atoms with van der Waals surface area (Å²) in [5.74, 6) is 0.616. The van der Waals surface area contributed by atoms with Gasteiger partial charge in [-0.2, -0.15) is 5.26 Å². The van der Waals surface area contributed by atoms with Gasteiger partial charge in [0.2, 0.25) is 0 Å². The lowest BCUT2D eigenvalue weighted by molar-refractivity contribution is 0.00842. The molecule has 1 atom stereocenters. The van der Waals surface area contributed by atoms with E-state index >= 15 is 0 Å². The smallest absolute Gasteiger partial charge is 0.0976 e. The van der Waals surface area contributed by atoms with Crippen molar-refractivity contribution in [1.29, 1.82) is 5.26 Å². The molecule has 1 fully saturated rings. The lowest BCUT2D eigenvalue weighted by atomic mass is 9.62. The van der Waals surface area contributed by atoms with Crippen molar-refractivity contribution >= 4 is 11.6 Å². The standard InChI is InChI=1S/C18H24ClNO/c1-17(2,3)14-7-9-18(12-20,10-8-14)16(21)13-5-4-6-15(19)11-13/h4-6,11,14,16,21H,7-10H2,1-3H3. The summed E-state index contributed by atoms with van der Waals surface area (Å²) in [5, 5.41) is 21.0. The van der Waals surface area contributed by atoms with Gasteiger partial charge in [0.15, 0.2) is 0 Å². The van der Waals surface area contributed by atoms with E-state index in [1.165, 1.54) is 0 Å². The van der Waals surface area contributed by atoms with Crippen molar-refractivity contribution < 1.29 is 5.11 Å². The highest BCUT2D eigenvalue weighted by Crippen LogP contribution is 2.50. The van der Waals surface area contributed by atoms with Crippen molar-refractivity contribution in [3.05, 3.63) is 34.9 Å². The van der Waals surface area contributed by atoms with Crippen molar-refractivity contribution in [3.8, 4) is 6.07 Å². The van der Waals surface area contributed by atoms with E-state index in [1.54, 1.807) is 12.1 Å². The van der Waals surface area contributed by atoms with Crippen molar-refractivity contribution in [1.82, 2.24) is 0 Å². The first-order chi connectivity index (χ1) is 9.78. The van der Waals surface area contributed by atoms with Gasteiger partial charge in [0.1, 0.15) is 0 Å². The van der Waals surface area contributed by atoms with E-state index in [4.69, 9.17) is 11.6 Å². The molecule has 1 aromatic carbocycles. The highest BCUT2D eigenvalue weighted by molar-refractivity contribution is 6.30. The molecule has 1 unspecified atom stereocenters. The third kappa shape index (κ3) is 3.42. The van der Waals surface area contributed by atoms with Crippen LogP contribution < -0.4 is 0 Å². The zero-order valence-corrected chi connectivity index (χ0v) is 13.8. The van der Waals surface area contributed by atoms with E-state index in [-0.39, 0.29) is 5.41 Å². The van der Waals surface area contributed by atoms with Crippen LogP contribution in [0, 0.1) is 28.1 Å². The van der Waals surface area contributed by atoms with E-state index < -0.39 is 11.5 Å². The fourth-order valence-corrected chi connectivity index (χ4v) is 3.64. The number of halogens is 1. The summed E-state index contributed by atoms with van der Waals surface area (Å²) in [6.45, 7) is 6.76. The normalized spacial score (nSPS) is 27.9. The molecule has 114 valence electrons. The Morgan fingerprint density at radius 1 is 1.33 bits per heavy atom. The molecule has 1 aromatic rings.